The van der Waals surface area contributed by atoms with Gasteiger partial charge in [-0.25, -0.2) is 19.7 Å². The maximum Gasteiger partial charge on any atom is 0.320 e. The molecule has 2 saturated heterocycles. The summed E-state index contributed by atoms with van der Waals surface area (Å²) in [4.78, 5) is 48.0. The Morgan fingerprint density at radius 1 is 1.17 bits per heavy atom. The fourth-order valence-corrected chi connectivity index (χ4v) is 5.39. The van der Waals surface area contributed by atoms with Crippen LogP contribution < -0.4 is 20.8 Å². The molecule has 4 N–H and O–H groups in total. The number of imidazole rings is 1. The molecule has 2 unspecified atom stereocenters. The third kappa shape index (κ3) is 6.99. The summed E-state index contributed by atoms with van der Waals surface area (Å²) in [5.74, 6) is -1.01. The van der Waals surface area contributed by atoms with Crippen LogP contribution in [0.1, 0.15) is 18.7 Å². The topological polar surface area (TPSA) is 211 Å². The minimum atomic E-state index is -4.45. The van der Waals surface area contributed by atoms with Gasteiger partial charge in [0.15, 0.2) is 29.5 Å². The van der Waals surface area contributed by atoms with Gasteiger partial charge in [-0.1, -0.05) is 36.4 Å². The van der Waals surface area contributed by atoms with Crippen molar-refractivity contribution in [3.8, 4) is 0 Å². The molecule has 42 heavy (non-hydrogen) atoms. The molecule has 2 aliphatic rings. The van der Waals surface area contributed by atoms with Crippen LogP contribution in [-0.4, -0.2) is 87.2 Å². The normalized spacial score (nSPS) is 25.0. The number of anilines is 1. The number of carbonyl (C=O) groups is 2. The van der Waals surface area contributed by atoms with Gasteiger partial charge < -0.3 is 38.6 Å². The van der Waals surface area contributed by atoms with Crippen molar-refractivity contribution in [3.63, 3.8) is 0 Å². The maximum absolute atomic E-state index is 12.4. The van der Waals surface area contributed by atoms with Crippen molar-refractivity contribution in [2.45, 2.75) is 37.8 Å². The monoisotopic (exact) mass is 602 g/mol. The lowest BCUT2D eigenvalue weighted by Gasteiger charge is -2.26. The smallest absolute Gasteiger partial charge is 0.320 e. The number of ether oxygens (including phenoxy) is 3. The Bertz CT molecular complexity index is 1490. The molecule has 3 aromatic rings. The van der Waals surface area contributed by atoms with Gasteiger partial charge in [-0.2, -0.15) is 0 Å². The van der Waals surface area contributed by atoms with Crippen molar-refractivity contribution < 1.29 is 42.9 Å². The van der Waals surface area contributed by atoms with E-state index in [1.807, 2.05) is 36.4 Å². The Balaban J connectivity index is 1.37. The van der Waals surface area contributed by atoms with Gasteiger partial charge in [0.05, 0.1) is 25.8 Å². The van der Waals surface area contributed by atoms with E-state index in [0.717, 1.165) is 5.56 Å². The number of amides is 2. The van der Waals surface area contributed by atoms with E-state index in [1.54, 1.807) is 17.6 Å². The van der Waals surface area contributed by atoms with E-state index in [0.29, 0.717) is 17.7 Å². The van der Waals surface area contributed by atoms with Crippen molar-refractivity contribution in [1.82, 2.24) is 30.2 Å². The first kappa shape index (κ1) is 29.7. The molecule has 17 heteroatoms. The number of rotatable bonds is 12. The lowest BCUT2D eigenvalue weighted by Crippen LogP contribution is -2.33. The number of carboxylic acid groups (broad SMARTS) is 1. The highest BCUT2D eigenvalue weighted by atomic mass is 31.2. The second-order valence-corrected chi connectivity index (χ2v) is 11.1. The number of fused-ring (bicyclic) bond motifs is 2. The van der Waals surface area contributed by atoms with Crippen molar-refractivity contribution in [2.75, 3.05) is 31.3 Å². The van der Waals surface area contributed by atoms with Gasteiger partial charge in [0.25, 0.3) is 0 Å². The molecule has 6 atom stereocenters. The third-order valence-electron chi connectivity index (χ3n) is 6.33. The molecule has 0 aliphatic carbocycles. The first-order chi connectivity index (χ1) is 20.2. The number of nitrogens with one attached hydrogen (secondary N) is 3. The van der Waals surface area contributed by atoms with Gasteiger partial charge in [0.1, 0.15) is 32.2 Å². The summed E-state index contributed by atoms with van der Waals surface area (Å²) in [5, 5.41) is 16.3. The molecule has 0 spiro atoms. The second kappa shape index (κ2) is 13.0. The second-order valence-electron chi connectivity index (χ2n) is 9.32. The van der Waals surface area contributed by atoms with Crippen LogP contribution in [-0.2, 0) is 28.1 Å². The highest BCUT2D eigenvalue weighted by molar-refractivity contribution is 7.51. The highest BCUT2D eigenvalue weighted by Crippen LogP contribution is 2.43. The zero-order chi connectivity index (χ0) is 29.7. The van der Waals surface area contributed by atoms with Gasteiger partial charge in [-0.3, -0.25) is 20.0 Å². The number of benzene rings is 1. The Morgan fingerprint density at radius 3 is 2.71 bits per heavy atom. The fourth-order valence-electron chi connectivity index (χ4n) is 4.54. The largest absolute Gasteiger partial charge is 0.778 e. The summed E-state index contributed by atoms with van der Waals surface area (Å²) in [6, 6.07) is 9.08. The van der Waals surface area contributed by atoms with Crippen molar-refractivity contribution in [3.05, 3.63) is 54.6 Å². The summed E-state index contributed by atoms with van der Waals surface area (Å²) in [5.41, 5.74) is 1.57. The van der Waals surface area contributed by atoms with Gasteiger partial charge in [-0.15, -0.1) is 0 Å². The number of hydrogen-bond acceptors (Lipinski definition) is 12. The van der Waals surface area contributed by atoms with E-state index in [-0.39, 0.29) is 5.82 Å². The van der Waals surface area contributed by atoms with E-state index in [9.17, 15) is 19.0 Å². The highest BCUT2D eigenvalue weighted by Gasteiger charge is 2.53. The van der Waals surface area contributed by atoms with Crippen LogP contribution in [0.3, 0.4) is 0 Å². The molecule has 5 rings (SSSR count). The quantitative estimate of drug-likeness (QED) is 0.212. The third-order valence-corrected chi connectivity index (χ3v) is 7.49. The zero-order valence-electron chi connectivity index (χ0n) is 22.4. The molecule has 0 radical (unpaired) electrons. The van der Waals surface area contributed by atoms with Gasteiger partial charge >= 0.3 is 12.0 Å². The molecule has 0 saturated carbocycles. The predicted octanol–water partition coefficient (Wildman–Crippen LogP) is 0.890. The average Bonchev–Trinajstić information content (AvgIpc) is 3.65. The summed E-state index contributed by atoms with van der Waals surface area (Å²) < 4.78 is 37.6. The molecule has 2 amide bonds. The first-order valence-corrected chi connectivity index (χ1v) is 14.8. The summed E-state index contributed by atoms with van der Waals surface area (Å²) in [6.45, 7) is 1.25. The predicted molar refractivity (Wildman–Crippen MR) is 145 cm³/mol. The van der Waals surface area contributed by atoms with Crippen molar-refractivity contribution in [2.24, 2.45) is 0 Å². The average molecular weight is 603 g/mol. The van der Waals surface area contributed by atoms with Gasteiger partial charge in [-0.05, 0) is 18.6 Å². The summed E-state index contributed by atoms with van der Waals surface area (Å²) >= 11 is 0. The minimum Gasteiger partial charge on any atom is -0.778 e. The molecule has 1 aromatic carbocycles. The number of carboxylic acids is 1. The molecule has 224 valence electrons. The van der Waals surface area contributed by atoms with Crippen LogP contribution in [0, 0.1) is 0 Å². The fraction of sp³-hybridized carbons (Fsp3) is 0.400. The van der Waals surface area contributed by atoms with Crippen LogP contribution in [0.15, 0.2) is 49.1 Å². The molecule has 2 aliphatic heterocycles. The van der Waals surface area contributed by atoms with E-state index in [2.05, 4.69) is 30.9 Å². The zero-order valence-corrected chi connectivity index (χ0v) is 23.3. The van der Waals surface area contributed by atoms with E-state index in [1.165, 1.54) is 12.7 Å². The van der Waals surface area contributed by atoms with Crippen molar-refractivity contribution in [1.29, 1.82) is 0 Å². The molecule has 2 aromatic heterocycles. The van der Waals surface area contributed by atoms with Crippen LogP contribution in [0.4, 0.5) is 10.6 Å². The lowest BCUT2D eigenvalue weighted by atomic mass is 10.1. The maximum atomic E-state index is 12.4. The van der Waals surface area contributed by atoms with E-state index >= 15 is 0 Å². The molecule has 2 fully saturated rings. The SMILES string of the molecule is CCNC(=O)Nc1ncnc2c1ncn2[C@@H]1O[C@H](COP(=O)([O-])CNCC(=O)O)C2O[C@H](/C=C/c3ccccc3)O[C@@H]21. The first-order valence-electron chi connectivity index (χ1n) is 13.0. The number of aromatic nitrogens is 4. The summed E-state index contributed by atoms with van der Waals surface area (Å²) in [6.07, 6.45) is 1.66. The molecule has 16 nitrogen and oxygen atoms in total. The Hall–Kier alpha value is -3.76. The number of urea groups is 1. The van der Waals surface area contributed by atoms with Crippen LogP contribution in [0.25, 0.3) is 17.2 Å². The lowest BCUT2D eigenvalue weighted by molar-refractivity contribution is -0.203. The minimum absolute atomic E-state index is 0.188. The Labute approximate surface area is 239 Å². The van der Waals surface area contributed by atoms with E-state index in [4.69, 9.17) is 23.8 Å². The molecule has 0 bridgehead atoms. The van der Waals surface area contributed by atoms with Crippen molar-refractivity contribution >= 4 is 42.7 Å². The molecular weight excluding hydrogens is 573 g/mol. The number of nitrogens with zero attached hydrogens (tertiary/aromatic N) is 4. The molecule has 4 heterocycles. The van der Waals surface area contributed by atoms with Crippen LogP contribution in [0.2, 0.25) is 0 Å². The standard InChI is InChI=1S/C25H30N7O9P/c1-2-27-25(35)31-22-19-23(29-12-28-22)32(13-30-19)24-21-20(40-18(41-21)9-8-15-6-4-3-5-7-15)16(39-24)11-38-42(36,37)14-26-10-17(33)34/h3-9,12-13,16,18,20-21,24,26H,2,10-11,14H2,1H3,(H,33,34)(H,36,37)(H2,27,28,29,31,35)/p-1/b9-8+/t16-,18+,20?,21+,24-/m1/s1. The van der Waals surface area contributed by atoms with E-state index < -0.39 is 69.9 Å². The Morgan fingerprint density at radius 2 is 1.95 bits per heavy atom. The number of carbonyl (C=O) groups excluding carboxylic acids is 1. The summed E-state index contributed by atoms with van der Waals surface area (Å²) in [7, 11) is -4.45. The van der Waals surface area contributed by atoms with Gasteiger partial charge in [0.2, 0.25) is 0 Å². The molecular formula is C25H29N7O9P-. The number of hydrogen-bond donors (Lipinski definition) is 4. The van der Waals surface area contributed by atoms with Gasteiger partial charge in [0, 0.05) is 6.54 Å². The Kier molecular flexibility index (Phi) is 9.23. The number of aliphatic carboxylic acids is 1. The van der Waals surface area contributed by atoms with Crippen LogP contribution in [0.5, 0.6) is 0 Å². The van der Waals surface area contributed by atoms with Crippen LogP contribution >= 0.6 is 7.60 Å².